The van der Waals surface area contributed by atoms with Gasteiger partial charge in [-0.1, -0.05) is 23.2 Å². The number of amides is 2. The van der Waals surface area contributed by atoms with Crippen molar-refractivity contribution in [2.45, 2.75) is 6.42 Å². The largest absolute Gasteiger partial charge is 0.324 e. The maximum absolute atomic E-state index is 13.6. The van der Waals surface area contributed by atoms with Crippen molar-refractivity contribution in [1.82, 2.24) is 0 Å². The summed E-state index contributed by atoms with van der Waals surface area (Å²) in [5.41, 5.74) is 0.227. The van der Waals surface area contributed by atoms with E-state index in [4.69, 9.17) is 23.2 Å². The van der Waals surface area contributed by atoms with E-state index in [1.165, 1.54) is 6.07 Å². The van der Waals surface area contributed by atoms with E-state index in [2.05, 4.69) is 10.6 Å². The Balaban J connectivity index is 1.60. The molecule has 0 spiro atoms. The van der Waals surface area contributed by atoms with Crippen LogP contribution >= 0.6 is 23.2 Å². The van der Waals surface area contributed by atoms with Gasteiger partial charge in [-0.25, -0.2) is 8.78 Å². The molecule has 2 amide bonds. The molecule has 0 bridgehead atoms. The third-order valence-electron chi connectivity index (χ3n) is 3.84. The van der Waals surface area contributed by atoms with Crippen LogP contribution in [0.3, 0.4) is 0 Å². The Morgan fingerprint density at radius 1 is 0.920 bits per heavy atom. The van der Waals surface area contributed by atoms with Crippen molar-refractivity contribution in [3.63, 3.8) is 0 Å². The van der Waals surface area contributed by atoms with Gasteiger partial charge in [0.05, 0.1) is 28.2 Å². The second-order valence-electron chi connectivity index (χ2n) is 5.68. The van der Waals surface area contributed by atoms with Crippen LogP contribution in [-0.4, -0.2) is 11.8 Å². The molecule has 4 nitrogen and oxygen atoms in total. The molecule has 0 saturated heterocycles. The molecule has 0 aliphatic heterocycles. The molecule has 2 unspecified atom stereocenters. The molecule has 2 atom stereocenters. The molecular formula is C17H12Cl2F2N2O2. The fourth-order valence-electron chi connectivity index (χ4n) is 2.41. The van der Waals surface area contributed by atoms with Gasteiger partial charge < -0.3 is 10.6 Å². The molecule has 1 aliphatic carbocycles. The lowest BCUT2D eigenvalue weighted by Gasteiger charge is -2.08. The summed E-state index contributed by atoms with van der Waals surface area (Å²) in [5.74, 6) is -3.61. The summed E-state index contributed by atoms with van der Waals surface area (Å²) in [6, 6.07) is 7.49. The number of carbonyl (C=O) groups is 2. The maximum atomic E-state index is 13.6. The third kappa shape index (κ3) is 4.08. The lowest BCUT2D eigenvalue weighted by molar-refractivity contribution is -0.122. The SMILES string of the molecule is O=C(Nc1ccc(F)cc1F)C1CC1C(=O)Nc1cc(Cl)ccc1Cl. The van der Waals surface area contributed by atoms with Crippen LogP contribution in [-0.2, 0) is 9.59 Å². The molecule has 0 radical (unpaired) electrons. The Morgan fingerprint density at radius 3 is 2.20 bits per heavy atom. The zero-order valence-corrected chi connectivity index (χ0v) is 14.2. The summed E-state index contributed by atoms with van der Waals surface area (Å²) < 4.78 is 26.4. The van der Waals surface area contributed by atoms with Gasteiger partial charge in [0.15, 0.2) is 0 Å². The fraction of sp³-hybridized carbons (Fsp3) is 0.176. The highest BCUT2D eigenvalue weighted by Crippen LogP contribution is 2.41. The van der Waals surface area contributed by atoms with E-state index < -0.39 is 29.4 Å². The van der Waals surface area contributed by atoms with Gasteiger partial charge >= 0.3 is 0 Å². The van der Waals surface area contributed by atoms with Crippen LogP contribution in [0.1, 0.15) is 6.42 Å². The average Bonchev–Trinajstić information content (AvgIpc) is 3.34. The van der Waals surface area contributed by atoms with E-state index in [1.807, 2.05) is 0 Å². The van der Waals surface area contributed by atoms with Crippen LogP contribution in [0, 0.1) is 23.5 Å². The lowest BCUT2D eigenvalue weighted by atomic mass is 10.2. The van der Waals surface area contributed by atoms with Crippen LogP contribution in [0.25, 0.3) is 0 Å². The minimum absolute atomic E-state index is 0.129. The number of hydrogen-bond donors (Lipinski definition) is 2. The van der Waals surface area contributed by atoms with Gasteiger partial charge in [0, 0.05) is 11.1 Å². The van der Waals surface area contributed by atoms with E-state index in [0.717, 1.165) is 12.1 Å². The van der Waals surface area contributed by atoms with Crippen molar-refractivity contribution < 1.29 is 18.4 Å². The number of hydrogen-bond acceptors (Lipinski definition) is 2. The van der Waals surface area contributed by atoms with Gasteiger partial charge in [-0.05, 0) is 36.8 Å². The van der Waals surface area contributed by atoms with Gasteiger partial charge in [-0.15, -0.1) is 0 Å². The van der Waals surface area contributed by atoms with E-state index in [-0.39, 0.29) is 11.6 Å². The van der Waals surface area contributed by atoms with E-state index in [0.29, 0.717) is 28.2 Å². The van der Waals surface area contributed by atoms with E-state index in [1.54, 1.807) is 12.1 Å². The van der Waals surface area contributed by atoms with Gasteiger partial charge in [0.2, 0.25) is 11.8 Å². The Bertz CT molecular complexity index is 861. The zero-order valence-electron chi connectivity index (χ0n) is 12.7. The van der Waals surface area contributed by atoms with Crippen molar-refractivity contribution in [1.29, 1.82) is 0 Å². The van der Waals surface area contributed by atoms with Gasteiger partial charge in [0.25, 0.3) is 0 Å². The van der Waals surface area contributed by atoms with Gasteiger partial charge in [-0.3, -0.25) is 9.59 Å². The molecule has 0 heterocycles. The summed E-state index contributed by atoms with van der Waals surface area (Å²) >= 11 is 11.8. The molecule has 2 aromatic carbocycles. The minimum Gasteiger partial charge on any atom is -0.324 e. The summed E-state index contributed by atoms with van der Waals surface area (Å²) in [5, 5.41) is 5.72. The highest BCUT2D eigenvalue weighted by Gasteiger charge is 2.48. The van der Waals surface area contributed by atoms with Crippen LogP contribution in [0.5, 0.6) is 0 Å². The zero-order chi connectivity index (χ0) is 18.1. The molecule has 2 aromatic rings. The molecule has 3 rings (SSSR count). The Labute approximate surface area is 152 Å². The Hall–Kier alpha value is -2.18. The van der Waals surface area contributed by atoms with Gasteiger partial charge in [-0.2, -0.15) is 0 Å². The summed E-state index contributed by atoms with van der Waals surface area (Å²) in [6.45, 7) is 0. The Morgan fingerprint density at radius 2 is 1.56 bits per heavy atom. The van der Waals surface area contributed by atoms with Crippen LogP contribution in [0.4, 0.5) is 20.2 Å². The number of carbonyl (C=O) groups excluding carboxylic acids is 2. The highest BCUT2D eigenvalue weighted by molar-refractivity contribution is 6.35. The van der Waals surface area contributed by atoms with Crippen molar-refractivity contribution in [3.8, 4) is 0 Å². The van der Waals surface area contributed by atoms with Crippen molar-refractivity contribution >= 4 is 46.4 Å². The van der Waals surface area contributed by atoms with Crippen molar-refractivity contribution in [2.75, 3.05) is 10.6 Å². The lowest BCUT2D eigenvalue weighted by Crippen LogP contribution is -2.21. The molecule has 0 aromatic heterocycles. The third-order valence-corrected chi connectivity index (χ3v) is 4.40. The summed E-state index contributed by atoms with van der Waals surface area (Å²) in [6.07, 6.45) is 0.332. The van der Waals surface area contributed by atoms with Crippen molar-refractivity contribution in [3.05, 3.63) is 58.1 Å². The first kappa shape index (κ1) is 17.6. The number of benzene rings is 2. The summed E-state index contributed by atoms with van der Waals surface area (Å²) in [4.78, 5) is 24.3. The monoisotopic (exact) mass is 384 g/mol. The smallest absolute Gasteiger partial charge is 0.228 e. The Kier molecular flexibility index (Phi) is 4.92. The topological polar surface area (TPSA) is 58.2 Å². The molecular weight excluding hydrogens is 373 g/mol. The van der Waals surface area contributed by atoms with E-state index >= 15 is 0 Å². The predicted octanol–water partition coefficient (Wildman–Crippen LogP) is 4.48. The predicted molar refractivity (Wildman–Crippen MR) is 91.7 cm³/mol. The molecule has 1 aliphatic rings. The molecule has 8 heteroatoms. The molecule has 2 N–H and O–H groups in total. The molecule has 130 valence electrons. The van der Waals surface area contributed by atoms with Crippen LogP contribution < -0.4 is 10.6 Å². The highest BCUT2D eigenvalue weighted by atomic mass is 35.5. The second kappa shape index (κ2) is 6.98. The van der Waals surface area contributed by atoms with Crippen LogP contribution in [0.2, 0.25) is 10.0 Å². The normalized spacial score (nSPS) is 18.6. The first-order valence-corrected chi connectivity index (χ1v) is 8.12. The average molecular weight is 385 g/mol. The maximum Gasteiger partial charge on any atom is 0.228 e. The van der Waals surface area contributed by atoms with Crippen molar-refractivity contribution in [2.24, 2.45) is 11.8 Å². The fourth-order valence-corrected chi connectivity index (χ4v) is 2.75. The van der Waals surface area contributed by atoms with Crippen LogP contribution in [0.15, 0.2) is 36.4 Å². The number of nitrogens with one attached hydrogen (secondary N) is 2. The molecule has 1 saturated carbocycles. The standard InChI is InChI=1S/C17H12Cl2F2N2O2/c18-8-1-3-12(19)15(5-8)23-17(25)11-7-10(11)16(24)22-14-4-2-9(20)6-13(14)21/h1-6,10-11H,7H2,(H,22,24)(H,23,25). The quantitative estimate of drug-likeness (QED) is 0.815. The van der Waals surface area contributed by atoms with E-state index in [9.17, 15) is 18.4 Å². The number of halogens is 4. The first-order valence-electron chi connectivity index (χ1n) is 7.37. The first-order chi connectivity index (χ1) is 11.8. The molecule has 1 fully saturated rings. The second-order valence-corrected chi connectivity index (χ2v) is 6.52. The van der Waals surface area contributed by atoms with Gasteiger partial charge in [0.1, 0.15) is 11.6 Å². The number of anilines is 2. The minimum atomic E-state index is -0.874. The summed E-state index contributed by atoms with van der Waals surface area (Å²) in [7, 11) is 0. The molecule has 25 heavy (non-hydrogen) atoms. The number of rotatable bonds is 4.